The molecule has 0 unspecified atom stereocenters. The number of likely N-dealkylation sites (N-methyl/N-ethyl adjacent to an activating group) is 1. The molecule has 1 aromatic carbocycles. The maximum atomic E-state index is 13.8. The molecule has 10 nitrogen and oxygen atoms in total. The van der Waals surface area contributed by atoms with Gasteiger partial charge in [-0.25, -0.2) is 18.4 Å². The van der Waals surface area contributed by atoms with Crippen molar-refractivity contribution in [3.8, 4) is 16.9 Å². The lowest BCUT2D eigenvalue weighted by atomic mass is 10.1. The molecule has 4 rings (SSSR count). The van der Waals surface area contributed by atoms with Crippen LogP contribution < -0.4 is 5.32 Å². The predicted octanol–water partition coefficient (Wildman–Crippen LogP) is 3.38. The fraction of sp³-hybridized carbons (Fsp3) is 0.130. The lowest BCUT2D eigenvalue weighted by Crippen LogP contribution is -2.28. The van der Waals surface area contributed by atoms with Crippen molar-refractivity contribution in [2.75, 3.05) is 18.9 Å². The van der Waals surface area contributed by atoms with Gasteiger partial charge in [0.15, 0.2) is 12.1 Å². The zero-order valence-electron chi connectivity index (χ0n) is 18.3. The standard InChI is InChI=1S/C23H18F2N6O4/c1-30(8-9-32)23(34)14-2-4-16(5-3-14)31-11-17(20(29-31)21(24)25)18-10-15(6-7-26-18)28-22(33)19-12-35-13-27-19/h2-7,9-13,21H,8H2,1H3,(H,26,28,33). The Hall–Kier alpha value is -4.74. The number of hydrogen-bond acceptors (Lipinski definition) is 7. The number of halogens is 2. The first-order valence-corrected chi connectivity index (χ1v) is 10.2. The van der Waals surface area contributed by atoms with E-state index in [1.165, 1.54) is 59.6 Å². The van der Waals surface area contributed by atoms with Gasteiger partial charge in [-0.1, -0.05) is 0 Å². The summed E-state index contributed by atoms with van der Waals surface area (Å²) in [5.41, 5.74) is 0.889. The Labute approximate surface area is 197 Å². The zero-order chi connectivity index (χ0) is 24.9. The third-order valence-corrected chi connectivity index (χ3v) is 4.98. The highest BCUT2D eigenvalue weighted by Crippen LogP contribution is 2.31. The molecule has 35 heavy (non-hydrogen) atoms. The van der Waals surface area contributed by atoms with E-state index < -0.39 is 18.0 Å². The van der Waals surface area contributed by atoms with E-state index in [2.05, 4.69) is 20.4 Å². The first kappa shape index (κ1) is 23.4. The first-order chi connectivity index (χ1) is 16.9. The number of pyridine rings is 1. The van der Waals surface area contributed by atoms with Gasteiger partial charge in [0.05, 0.1) is 17.9 Å². The second kappa shape index (κ2) is 10.0. The average molecular weight is 480 g/mol. The molecule has 1 N–H and O–H groups in total. The van der Waals surface area contributed by atoms with Crippen LogP contribution in [0.5, 0.6) is 0 Å². The highest BCUT2D eigenvalue weighted by atomic mass is 19.3. The maximum absolute atomic E-state index is 13.8. The van der Waals surface area contributed by atoms with Crippen molar-refractivity contribution < 1.29 is 27.6 Å². The van der Waals surface area contributed by atoms with Crippen LogP contribution in [0, 0.1) is 0 Å². The van der Waals surface area contributed by atoms with Crippen LogP contribution in [0.15, 0.2) is 65.9 Å². The van der Waals surface area contributed by atoms with Crippen molar-refractivity contribution in [2.24, 2.45) is 0 Å². The third-order valence-electron chi connectivity index (χ3n) is 4.98. The topological polar surface area (TPSA) is 123 Å². The number of aromatic nitrogens is 4. The van der Waals surface area contributed by atoms with Crippen LogP contribution in [0.3, 0.4) is 0 Å². The SMILES string of the molecule is CN(CC=O)C(=O)c1ccc(-n2cc(-c3cc(NC(=O)c4cocn4)ccn3)c(C(F)F)n2)cc1. The number of nitrogens with zero attached hydrogens (tertiary/aromatic N) is 5. The number of oxazole rings is 1. The van der Waals surface area contributed by atoms with Gasteiger partial charge in [0, 0.05) is 36.3 Å². The molecule has 0 aliphatic heterocycles. The van der Waals surface area contributed by atoms with E-state index >= 15 is 0 Å². The Morgan fingerprint density at radius 3 is 2.63 bits per heavy atom. The molecule has 12 heteroatoms. The summed E-state index contributed by atoms with van der Waals surface area (Å²) in [5, 5.41) is 6.60. The number of anilines is 1. The molecule has 0 bridgehead atoms. The normalized spacial score (nSPS) is 10.9. The van der Waals surface area contributed by atoms with Crippen molar-refractivity contribution in [1.29, 1.82) is 0 Å². The van der Waals surface area contributed by atoms with Crippen LogP contribution in [-0.4, -0.2) is 56.3 Å². The monoisotopic (exact) mass is 480 g/mol. The highest BCUT2D eigenvalue weighted by Gasteiger charge is 2.22. The highest BCUT2D eigenvalue weighted by molar-refractivity contribution is 6.02. The van der Waals surface area contributed by atoms with Crippen molar-refractivity contribution in [1.82, 2.24) is 24.6 Å². The number of aldehydes is 1. The van der Waals surface area contributed by atoms with Crippen LogP contribution in [0.4, 0.5) is 14.5 Å². The smallest absolute Gasteiger partial charge is 0.282 e. The fourth-order valence-electron chi connectivity index (χ4n) is 3.23. The number of nitrogens with one attached hydrogen (secondary N) is 1. The molecular weight excluding hydrogens is 462 g/mol. The summed E-state index contributed by atoms with van der Waals surface area (Å²) in [6, 6.07) is 9.08. The van der Waals surface area contributed by atoms with Gasteiger partial charge in [0.2, 0.25) is 0 Å². The molecule has 178 valence electrons. The molecular formula is C23H18F2N6O4. The molecule has 0 atom stereocenters. The van der Waals surface area contributed by atoms with E-state index in [9.17, 15) is 23.2 Å². The largest absolute Gasteiger partial charge is 0.451 e. The van der Waals surface area contributed by atoms with Gasteiger partial charge in [0.1, 0.15) is 18.2 Å². The second-order valence-electron chi connectivity index (χ2n) is 7.33. The Morgan fingerprint density at radius 1 is 1.20 bits per heavy atom. The summed E-state index contributed by atoms with van der Waals surface area (Å²) in [7, 11) is 1.49. The third kappa shape index (κ3) is 5.11. The van der Waals surface area contributed by atoms with Gasteiger partial charge in [-0.3, -0.25) is 14.6 Å². The zero-order valence-corrected chi connectivity index (χ0v) is 18.3. The van der Waals surface area contributed by atoms with Gasteiger partial charge < -0.3 is 19.4 Å². The number of carbonyl (C=O) groups is 3. The van der Waals surface area contributed by atoms with E-state index in [1.54, 1.807) is 12.1 Å². The van der Waals surface area contributed by atoms with E-state index in [1.807, 2.05) is 0 Å². The summed E-state index contributed by atoms with van der Waals surface area (Å²) < 4.78 is 33.6. The molecule has 0 fully saturated rings. The van der Waals surface area contributed by atoms with Crippen molar-refractivity contribution in [3.05, 3.63) is 78.4 Å². The van der Waals surface area contributed by atoms with Gasteiger partial charge in [-0.15, -0.1) is 0 Å². The fourth-order valence-corrected chi connectivity index (χ4v) is 3.23. The number of rotatable bonds is 8. The van der Waals surface area contributed by atoms with Gasteiger partial charge in [0.25, 0.3) is 18.2 Å². The van der Waals surface area contributed by atoms with Crippen LogP contribution in [0.2, 0.25) is 0 Å². The van der Waals surface area contributed by atoms with Crippen molar-refractivity contribution in [3.63, 3.8) is 0 Å². The predicted molar refractivity (Wildman–Crippen MR) is 119 cm³/mol. The Bertz CT molecular complexity index is 1350. The second-order valence-corrected chi connectivity index (χ2v) is 7.33. The van der Waals surface area contributed by atoms with Crippen LogP contribution in [0.25, 0.3) is 16.9 Å². The summed E-state index contributed by atoms with van der Waals surface area (Å²) >= 11 is 0. The number of carbonyl (C=O) groups excluding carboxylic acids is 3. The van der Waals surface area contributed by atoms with Crippen molar-refractivity contribution in [2.45, 2.75) is 6.43 Å². The Kier molecular flexibility index (Phi) is 6.71. The molecule has 0 aliphatic carbocycles. The van der Waals surface area contributed by atoms with E-state index in [0.717, 1.165) is 6.39 Å². The quantitative estimate of drug-likeness (QED) is 0.384. The van der Waals surface area contributed by atoms with Crippen LogP contribution in [-0.2, 0) is 4.79 Å². The van der Waals surface area contributed by atoms with Gasteiger partial charge in [-0.05, 0) is 36.4 Å². The summed E-state index contributed by atoms with van der Waals surface area (Å²) in [4.78, 5) is 44.3. The number of alkyl halides is 2. The molecule has 2 amide bonds. The minimum Gasteiger partial charge on any atom is -0.451 e. The minimum atomic E-state index is -2.89. The Morgan fingerprint density at radius 2 is 1.97 bits per heavy atom. The van der Waals surface area contributed by atoms with Gasteiger partial charge >= 0.3 is 0 Å². The molecule has 0 saturated carbocycles. The molecule has 4 aromatic rings. The maximum Gasteiger partial charge on any atom is 0.282 e. The van der Waals surface area contributed by atoms with E-state index in [4.69, 9.17) is 4.42 Å². The number of hydrogen-bond donors (Lipinski definition) is 1. The molecule has 0 saturated heterocycles. The van der Waals surface area contributed by atoms with Crippen molar-refractivity contribution >= 4 is 23.8 Å². The summed E-state index contributed by atoms with van der Waals surface area (Å²) in [6.07, 6.45) is 2.78. The van der Waals surface area contributed by atoms with Crippen LogP contribution >= 0.6 is 0 Å². The first-order valence-electron chi connectivity index (χ1n) is 10.2. The molecule has 3 heterocycles. The average Bonchev–Trinajstić information content (AvgIpc) is 3.55. The van der Waals surface area contributed by atoms with Crippen LogP contribution in [0.1, 0.15) is 33.0 Å². The summed E-state index contributed by atoms with van der Waals surface area (Å²) in [5.74, 6) is -0.888. The van der Waals surface area contributed by atoms with E-state index in [-0.39, 0.29) is 29.4 Å². The molecule has 0 aliphatic rings. The lowest BCUT2D eigenvalue weighted by Gasteiger charge is -2.13. The number of amides is 2. The minimum absolute atomic E-state index is 0.0496. The lowest BCUT2D eigenvalue weighted by molar-refractivity contribution is -0.108. The van der Waals surface area contributed by atoms with E-state index in [0.29, 0.717) is 23.2 Å². The summed E-state index contributed by atoms with van der Waals surface area (Å²) in [6.45, 7) is -0.0496. The molecule has 0 spiro atoms. The molecule has 0 radical (unpaired) electrons. The number of benzene rings is 1. The van der Waals surface area contributed by atoms with Gasteiger partial charge in [-0.2, -0.15) is 5.10 Å². The Balaban J connectivity index is 1.62. The molecule has 3 aromatic heterocycles.